The third-order valence-electron chi connectivity index (χ3n) is 19.1. The van der Waals surface area contributed by atoms with E-state index in [4.69, 9.17) is 19.9 Å². The number of nitrogens with one attached hydrogen (secondary N) is 2. The number of anilines is 1. The number of nitrogens with zero attached hydrogens (tertiary/aromatic N) is 5. The summed E-state index contributed by atoms with van der Waals surface area (Å²) in [6.45, 7) is 7.46. The number of aromatic nitrogens is 2. The number of hydrogen-bond donors (Lipinski definition) is 3. The van der Waals surface area contributed by atoms with E-state index >= 15 is 17.6 Å². The normalized spacial score (nSPS) is 27.1. The van der Waals surface area contributed by atoms with Gasteiger partial charge in [0.1, 0.15) is 30.3 Å². The van der Waals surface area contributed by atoms with Gasteiger partial charge in [0.2, 0.25) is 11.8 Å². The maximum atomic E-state index is 16.7. The Balaban J connectivity index is 0.678. The number of carbonyl (C=O) groups excluding carboxylic acids is 4. The number of ether oxygens (including phenoxy) is 3. The van der Waals surface area contributed by atoms with Crippen LogP contribution in [0.2, 0.25) is 0 Å². The van der Waals surface area contributed by atoms with Gasteiger partial charge in [-0.05, 0) is 130 Å². The minimum Gasteiger partial charge on any atom is -0.488 e. The average Bonchev–Trinajstić information content (AvgIpc) is 4.02. The molecular formula is C60H72F4N8O7. The summed E-state index contributed by atoms with van der Waals surface area (Å²) in [6, 6.07) is 13.8. The molecule has 1 aromatic heterocycles. The fraction of sp³-hybridized carbons (Fsp3) is 0.550. The second kappa shape index (κ2) is 22.0. The molecule has 1 spiro atoms. The third kappa shape index (κ3) is 9.88. The fourth-order valence-electron chi connectivity index (χ4n) is 14.5. The number of carbonyl (C=O) groups is 4. The minimum absolute atomic E-state index is 0.0535. The van der Waals surface area contributed by atoms with Gasteiger partial charge in [-0.15, -0.1) is 0 Å². The number of aldehydes is 1. The molecule has 5 fully saturated rings. The molecule has 5 heterocycles. The number of urea groups is 1. The van der Waals surface area contributed by atoms with Gasteiger partial charge < -0.3 is 45.2 Å². The lowest BCUT2D eigenvalue weighted by Gasteiger charge is -2.56. The molecule has 4 amide bonds. The molecule has 5 atom stereocenters. The number of halogens is 4. The molecule has 19 heteroatoms. The number of nitrogens with two attached hydrogens (primary N) is 1. The van der Waals surface area contributed by atoms with Crippen molar-refractivity contribution in [2.75, 3.05) is 71.0 Å². The quantitative estimate of drug-likeness (QED) is 0.0593. The lowest BCUT2D eigenvalue weighted by molar-refractivity contribution is -0.141. The highest BCUT2D eigenvalue weighted by Gasteiger charge is 2.52. The second-order valence-corrected chi connectivity index (χ2v) is 23.4. The summed E-state index contributed by atoms with van der Waals surface area (Å²) < 4.78 is 84.5. The summed E-state index contributed by atoms with van der Waals surface area (Å²) in [5.41, 5.74) is 7.02. The molecule has 5 unspecified atom stereocenters. The molecule has 7 aliphatic rings. The van der Waals surface area contributed by atoms with E-state index < -0.39 is 58.9 Å². The Morgan fingerprint density at radius 2 is 1.70 bits per heavy atom. The number of aryl methyl sites for hydroxylation is 1. The number of amides is 4. The van der Waals surface area contributed by atoms with Gasteiger partial charge in [0, 0.05) is 93.6 Å². The number of fused-ring (bicyclic) bond motifs is 2. The van der Waals surface area contributed by atoms with Crippen LogP contribution in [0.25, 0.3) is 17.2 Å². The molecule has 0 radical (unpaired) electrons. The number of benzene rings is 3. The van der Waals surface area contributed by atoms with Crippen molar-refractivity contribution in [3.63, 3.8) is 0 Å². The summed E-state index contributed by atoms with van der Waals surface area (Å²) >= 11 is 0. The largest absolute Gasteiger partial charge is 0.488 e. The van der Waals surface area contributed by atoms with Gasteiger partial charge in [0.05, 0.1) is 29.7 Å². The molecule has 11 rings (SSSR count). The van der Waals surface area contributed by atoms with Crippen LogP contribution < -0.4 is 30.7 Å². The maximum Gasteiger partial charge on any atom is 0.323 e. The van der Waals surface area contributed by atoms with E-state index in [2.05, 4.69) is 25.5 Å². The number of rotatable bonds is 15. The Labute approximate surface area is 458 Å². The number of hydrogen-bond acceptors (Lipinski definition) is 10. The number of methoxy groups -OCH3 is 1. The number of piperidine rings is 2. The van der Waals surface area contributed by atoms with E-state index in [0.717, 1.165) is 89.4 Å². The Morgan fingerprint density at radius 3 is 2.38 bits per heavy atom. The first kappa shape index (κ1) is 54.6. The van der Waals surface area contributed by atoms with Crippen LogP contribution in [-0.4, -0.2) is 122 Å². The van der Waals surface area contributed by atoms with Crippen LogP contribution in [0.3, 0.4) is 0 Å². The van der Waals surface area contributed by atoms with Crippen LogP contribution in [0.1, 0.15) is 122 Å². The average molecular weight is 1090 g/mol. The van der Waals surface area contributed by atoms with E-state index in [0.29, 0.717) is 31.0 Å². The smallest absolute Gasteiger partial charge is 0.323 e. The van der Waals surface area contributed by atoms with Gasteiger partial charge in [-0.1, -0.05) is 37.3 Å². The van der Waals surface area contributed by atoms with Crippen LogP contribution in [0.4, 0.5) is 28.2 Å². The molecule has 2 saturated carbocycles. The van der Waals surface area contributed by atoms with Crippen molar-refractivity contribution in [2.24, 2.45) is 41.9 Å². The Kier molecular flexibility index (Phi) is 15.2. The summed E-state index contributed by atoms with van der Waals surface area (Å²) in [7, 11) is 3.12. The van der Waals surface area contributed by atoms with Crippen LogP contribution in [0, 0.1) is 47.6 Å². The molecule has 0 bridgehead atoms. The van der Waals surface area contributed by atoms with Crippen molar-refractivity contribution in [1.82, 2.24) is 30.2 Å². The van der Waals surface area contributed by atoms with E-state index in [1.54, 1.807) is 14.0 Å². The predicted molar refractivity (Wildman–Crippen MR) is 289 cm³/mol. The molecule has 3 saturated heterocycles. The van der Waals surface area contributed by atoms with Gasteiger partial charge in [0.15, 0.2) is 29.2 Å². The van der Waals surface area contributed by atoms with Crippen LogP contribution >= 0.6 is 0 Å². The van der Waals surface area contributed by atoms with Crippen molar-refractivity contribution in [3.05, 3.63) is 99.5 Å². The summed E-state index contributed by atoms with van der Waals surface area (Å²) in [5.74, 6) is -4.42. The highest BCUT2D eigenvalue weighted by atomic mass is 19.1. The molecule has 4 aromatic rings. The first-order valence-corrected chi connectivity index (χ1v) is 28.2. The SMILES string of the molecule is COCCOc1ccc(C(N)=O)c(-c2c(C)c(F)cc3c2C(C)C(CNC2CCC(C(=O)N4CCC5(CC4)CC(N4CCC(C6C(F)=Cc7c(N8CC(C=O)CNC8=O)nn(C)c7C6F)CC4)C5)CC2)(c2ccccc2)O3)c1F. The van der Waals surface area contributed by atoms with Crippen molar-refractivity contribution in [1.29, 1.82) is 0 Å². The van der Waals surface area contributed by atoms with Crippen molar-refractivity contribution < 1.29 is 51.0 Å². The number of alkyl halides is 1. The molecule has 3 aromatic carbocycles. The van der Waals surface area contributed by atoms with E-state index in [1.807, 2.05) is 37.3 Å². The Hall–Kier alpha value is -6.31. The lowest BCUT2D eigenvalue weighted by atomic mass is 9.59. The molecule has 422 valence electrons. The predicted octanol–water partition coefficient (Wildman–Crippen LogP) is 8.82. The van der Waals surface area contributed by atoms with Crippen LogP contribution in [0.15, 0.2) is 54.4 Å². The van der Waals surface area contributed by atoms with Gasteiger partial charge in [-0.25, -0.2) is 22.4 Å². The Morgan fingerprint density at radius 1 is 0.975 bits per heavy atom. The topological polar surface area (TPSA) is 174 Å². The first-order chi connectivity index (χ1) is 38.0. The minimum atomic E-state index is -1.62. The van der Waals surface area contributed by atoms with Gasteiger partial charge in [-0.3, -0.25) is 19.2 Å². The number of allylic oxidation sites excluding steroid dienone is 1. The van der Waals surface area contributed by atoms with Crippen molar-refractivity contribution >= 4 is 36.0 Å². The highest BCUT2D eigenvalue weighted by Crippen LogP contribution is 2.57. The van der Waals surface area contributed by atoms with Gasteiger partial charge >= 0.3 is 6.03 Å². The molecule has 79 heavy (non-hydrogen) atoms. The molecule has 4 aliphatic heterocycles. The van der Waals surface area contributed by atoms with Crippen molar-refractivity contribution in [3.8, 4) is 22.6 Å². The maximum absolute atomic E-state index is 16.7. The van der Waals surface area contributed by atoms with Crippen molar-refractivity contribution in [2.45, 2.75) is 108 Å². The summed E-state index contributed by atoms with van der Waals surface area (Å²) in [5, 5.41) is 10.9. The number of likely N-dealkylation sites (tertiary alicyclic amines) is 2. The standard InChI is InChI=1S/C60H72F4N8O7/c1-34-44(61)27-47-49(48(34)51-42(55(65)74)14-15-46(52(51)63)78-25-24-77-4)35(2)60(79-47,39-8-6-5-7-9-39)33-67-40-12-10-38(11-13-40)57(75)71-22-18-59(19-23-71)28-41(29-59)70-20-16-37(17-21-70)50-45(62)26-43-54(53(50)64)69(3)68-56(43)72-31-36(32-73)30-66-58(72)76/h5-9,14-15,26-27,32,35-38,40-41,50,53,67H,10-13,16-25,28-31,33H2,1-4H3,(H2,65,74)(H,66,76). The van der Waals surface area contributed by atoms with Gasteiger partial charge in [-0.2, -0.15) is 5.10 Å². The van der Waals surface area contributed by atoms with E-state index in [-0.39, 0.29) is 106 Å². The number of primary amides is 1. The van der Waals surface area contributed by atoms with E-state index in [1.165, 1.54) is 41.0 Å². The Bertz CT molecular complexity index is 3020. The first-order valence-electron chi connectivity index (χ1n) is 28.2. The highest BCUT2D eigenvalue weighted by molar-refractivity contribution is 6.02. The monoisotopic (exact) mass is 1090 g/mol. The van der Waals surface area contributed by atoms with Crippen LogP contribution in [0.5, 0.6) is 11.5 Å². The zero-order valence-corrected chi connectivity index (χ0v) is 45.5. The molecular weight excluding hydrogens is 1020 g/mol. The lowest BCUT2D eigenvalue weighted by Crippen LogP contribution is -2.57. The fourth-order valence-corrected chi connectivity index (χ4v) is 14.5. The zero-order valence-electron chi connectivity index (χ0n) is 45.5. The summed E-state index contributed by atoms with van der Waals surface area (Å²) in [4.78, 5) is 57.2. The van der Waals surface area contributed by atoms with Gasteiger partial charge in [0.25, 0.3) is 0 Å². The van der Waals surface area contributed by atoms with E-state index in [9.17, 15) is 19.2 Å². The third-order valence-corrected chi connectivity index (χ3v) is 19.1. The van der Waals surface area contributed by atoms with Crippen LogP contribution in [-0.2, 0) is 27.0 Å². The molecule has 3 aliphatic carbocycles. The zero-order chi connectivity index (χ0) is 55.5. The summed E-state index contributed by atoms with van der Waals surface area (Å²) in [6.07, 6.45) is 8.94. The molecule has 4 N–H and O–H groups in total. The second-order valence-electron chi connectivity index (χ2n) is 23.4. The molecule has 15 nitrogen and oxygen atoms in total.